The van der Waals surface area contributed by atoms with Gasteiger partial charge in [-0.2, -0.15) is 0 Å². The van der Waals surface area contributed by atoms with Gasteiger partial charge in [0.05, 0.1) is 61.8 Å². The standard InChI is InChI=1S/C39H59NO12/c1-29-14-12-10-8-6-4-2-3-5-7-9-11-13-15-31(42)17-16-30(40-28-41)20-22-39(50,51)27-34(45)25-37(48)36(47)19-18-32(43)24-33(44)26-38(49)52-23-21-35(29)46/h2-15,29-37,42-48,50-51H,16-27H2,1H3/b3-2+,6-4+,7-5+,10-8+,11-9+,14-12+,15-13+/t29-,30-,31-,32+,33+,34-,35-,36+,37+/m0/s1. The van der Waals surface area contributed by atoms with Gasteiger partial charge in [-0.3, -0.25) is 4.79 Å². The number of nitrogens with zero attached hydrogens (tertiary/aromatic N) is 1. The fourth-order valence-electron chi connectivity index (χ4n) is 5.28. The predicted octanol–water partition coefficient (Wildman–Crippen LogP) is 2.28. The molecule has 0 aromatic carbocycles. The highest BCUT2D eigenvalue weighted by Crippen LogP contribution is 2.23. The molecule has 9 atom stereocenters. The van der Waals surface area contributed by atoms with Gasteiger partial charge in [0.1, 0.15) is 0 Å². The van der Waals surface area contributed by atoms with Gasteiger partial charge in [-0.05, 0) is 38.5 Å². The van der Waals surface area contributed by atoms with E-state index < -0.39 is 73.4 Å². The number of rotatable bonds is 1. The molecular weight excluding hydrogens is 674 g/mol. The van der Waals surface area contributed by atoms with E-state index in [2.05, 4.69) is 4.99 Å². The molecule has 1 heterocycles. The fourth-order valence-corrected chi connectivity index (χ4v) is 5.28. The van der Waals surface area contributed by atoms with Gasteiger partial charge in [0, 0.05) is 31.6 Å². The molecule has 0 spiro atoms. The number of isocyanates is 1. The molecule has 0 saturated heterocycles. The Morgan fingerprint density at radius 2 is 1.23 bits per heavy atom. The summed E-state index contributed by atoms with van der Waals surface area (Å²) in [7, 11) is 0. The van der Waals surface area contributed by atoms with Crippen LogP contribution in [0.15, 0.2) is 90.1 Å². The maximum absolute atomic E-state index is 12.1. The molecule has 0 bridgehead atoms. The van der Waals surface area contributed by atoms with Crippen LogP contribution in [0.5, 0.6) is 0 Å². The lowest BCUT2D eigenvalue weighted by Gasteiger charge is -2.28. The number of aliphatic hydroxyl groups excluding tert-OH is 7. The lowest BCUT2D eigenvalue weighted by Crippen LogP contribution is -2.37. The number of carbonyl (C=O) groups excluding carboxylic acids is 2. The SMILES string of the molecule is C[C@H]1/C=C/C=C/C=C/C=C/C=C/C=C/C=C/[C@H](O)CC[C@H](N=C=O)CCC(O)(O)C[C@@H](O)C[C@@H](O)[C@H](O)CC[C@@H](O)C[C@@H](O)CC(=O)OCC[C@@H]1O. The molecule has 0 saturated carbocycles. The summed E-state index contributed by atoms with van der Waals surface area (Å²) in [5.41, 5.74) is 0. The first-order valence-electron chi connectivity index (χ1n) is 17.8. The molecule has 0 radical (unpaired) electrons. The van der Waals surface area contributed by atoms with E-state index in [0.717, 1.165) is 0 Å². The van der Waals surface area contributed by atoms with Gasteiger partial charge in [0.25, 0.3) is 0 Å². The molecule has 0 unspecified atom stereocenters. The molecule has 0 aliphatic carbocycles. The molecule has 0 fully saturated rings. The highest BCUT2D eigenvalue weighted by molar-refractivity contribution is 5.69. The van der Waals surface area contributed by atoms with Crippen molar-refractivity contribution in [2.45, 2.75) is 132 Å². The third-order valence-electron chi connectivity index (χ3n) is 8.42. The van der Waals surface area contributed by atoms with E-state index in [0.29, 0.717) is 0 Å². The topological polar surface area (TPSA) is 238 Å². The Balaban J connectivity index is 2.88. The number of cyclic esters (lactones) is 1. The maximum Gasteiger partial charge on any atom is 0.308 e. The van der Waals surface area contributed by atoms with Crippen molar-refractivity contribution >= 4 is 12.0 Å². The average Bonchev–Trinajstić information content (AvgIpc) is 3.07. The zero-order chi connectivity index (χ0) is 38.8. The molecule has 0 amide bonds. The van der Waals surface area contributed by atoms with Crippen molar-refractivity contribution in [3.63, 3.8) is 0 Å². The van der Waals surface area contributed by atoms with Gasteiger partial charge < -0.3 is 50.7 Å². The number of aliphatic imine (C=N–C) groups is 1. The van der Waals surface area contributed by atoms with E-state index in [1.54, 1.807) is 30.4 Å². The molecule has 9 N–H and O–H groups in total. The molecule has 0 aromatic heterocycles. The van der Waals surface area contributed by atoms with E-state index in [4.69, 9.17) is 4.74 Å². The quantitative estimate of drug-likeness (QED) is 0.0817. The maximum atomic E-state index is 12.1. The van der Waals surface area contributed by atoms with E-state index >= 15 is 0 Å². The zero-order valence-electron chi connectivity index (χ0n) is 30.0. The summed E-state index contributed by atoms with van der Waals surface area (Å²) in [6.45, 7) is 1.77. The third-order valence-corrected chi connectivity index (χ3v) is 8.42. The first-order chi connectivity index (χ1) is 24.7. The number of ether oxygens (including phenoxy) is 1. The predicted molar refractivity (Wildman–Crippen MR) is 196 cm³/mol. The largest absolute Gasteiger partial charge is 0.465 e. The van der Waals surface area contributed by atoms with Crippen molar-refractivity contribution in [1.82, 2.24) is 0 Å². The van der Waals surface area contributed by atoms with E-state index in [9.17, 15) is 55.5 Å². The van der Waals surface area contributed by atoms with Gasteiger partial charge >= 0.3 is 5.97 Å². The minimum atomic E-state index is -2.38. The number of esters is 1. The van der Waals surface area contributed by atoms with Crippen LogP contribution in [0.4, 0.5) is 0 Å². The van der Waals surface area contributed by atoms with Gasteiger partial charge in [0.2, 0.25) is 6.08 Å². The smallest absolute Gasteiger partial charge is 0.308 e. The summed E-state index contributed by atoms with van der Waals surface area (Å²) in [6, 6.07) is -0.658. The average molecular weight is 734 g/mol. The first kappa shape index (κ1) is 46.7. The summed E-state index contributed by atoms with van der Waals surface area (Å²) in [5, 5.41) is 93.1. The number of allylic oxidation sites excluding steroid dienone is 12. The number of aliphatic hydroxyl groups is 9. The number of hydrogen-bond acceptors (Lipinski definition) is 13. The van der Waals surface area contributed by atoms with Crippen LogP contribution in [0.2, 0.25) is 0 Å². The Hall–Kier alpha value is -3.33. The van der Waals surface area contributed by atoms with E-state index in [-0.39, 0.29) is 70.3 Å². The molecule has 52 heavy (non-hydrogen) atoms. The first-order valence-corrected chi connectivity index (χ1v) is 17.8. The normalized spacial score (nSPS) is 36.6. The van der Waals surface area contributed by atoms with Crippen LogP contribution in [0.25, 0.3) is 0 Å². The Labute approximate surface area is 306 Å². The van der Waals surface area contributed by atoms with Crippen LogP contribution >= 0.6 is 0 Å². The molecule has 1 rings (SSSR count). The van der Waals surface area contributed by atoms with Crippen LogP contribution in [0.3, 0.4) is 0 Å². The fraction of sp³-hybridized carbons (Fsp3) is 0.590. The Bertz CT molecular complexity index is 1250. The third kappa shape index (κ3) is 24.0. The van der Waals surface area contributed by atoms with Crippen LogP contribution in [-0.2, 0) is 14.3 Å². The van der Waals surface area contributed by atoms with Gasteiger partial charge in [-0.25, -0.2) is 9.79 Å². The Kier molecular flexibility index (Phi) is 24.5. The van der Waals surface area contributed by atoms with Crippen molar-refractivity contribution in [2.75, 3.05) is 6.61 Å². The molecule has 292 valence electrons. The lowest BCUT2D eigenvalue weighted by atomic mass is 9.93. The highest BCUT2D eigenvalue weighted by Gasteiger charge is 2.31. The van der Waals surface area contributed by atoms with Crippen LogP contribution < -0.4 is 0 Å². The molecule has 1 aliphatic rings. The van der Waals surface area contributed by atoms with Crippen molar-refractivity contribution in [3.8, 4) is 0 Å². The second-order valence-corrected chi connectivity index (χ2v) is 13.2. The monoisotopic (exact) mass is 733 g/mol. The summed E-state index contributed by atoms with van der Waals surface area (Å²) < 4.78 is 5.12. The summed E-state index contributed by atoms with van der Waals surface area (Å²) in [5.74, 6) is -3.28. The minimum Gasteiger partial charge on any atom is -0.465 e. The number of hydrogen-bond donors (Lipinski definition) is 9. The lowest BCUT2D eigenvalue weighted by molar-refractivity contribution is -0.189. The van der Waals surface area contributed by atoms with E-state index in [1.165, 1.54) is 6.08 Å². The van der Waals surface area contributed by atoms with Crippen LogP contribution in [-0.4, -0.2) is 119 Å². The van der Waals surface area contributed by atoms with Crippen molar-refractivity contribution in [3.05, 3.63) is 85.1 Å². The Morgan fingerprint density at radius 3 is 1.83 bits per heavy atom. The molecule has 0 aromatic rings. The van der Waals surface area contributed by atoms with Crippen LogP contribution in [0.1, 0.15) is 77.6 Å². The van der Waals surface area contributed by atoms with Crippen molar-refractivity contribution in [1.29, 1.82) is 0 Å². The molecule has 1 aliphatic heterocycles. The van der Waals surface area contributed by atoms with Gasteiger partial charge in [-0.15, -0.1) is 0 Å². The highest BCUT2D eigenvalue weighted by atomic mass is 16.5. The van der Waals surface area contributed by atoms with Crippen molar-refractivity contribution in [2.24, 2.45) is 10.9 Å². The zero-order valence-corrected chi connectivity index (χ0v) is 30.0. The molecular formula is C39H59NO12. The van der Waals surface area contributed by atoms with Crippen LogP contribution in [0, 0.1) is 5.92 Å². The van der Waals surface area contributed by atoms with Gasteiger partial charge in [-0.1, -0.05) is 92.0 Å². The summed E-state index contributed by atoms with van der Waals surface area (Å²) in [4.78, 5) is 26.8. The Morgan fingerprint density at radius 1 is 0.654 bits per heavy atom. The second kappa shape index (κ2) is 27.3. The van der Waals surface area contributed by atoms with Crippen molar-refractivity contribution < 1.29 is 60.3 Å². The molecule has 13 heteroatoms. The summed E-state index contributed by atoms with van der Waals surface area (Å²) in [6.07, 6.45) is 17.1. The minimum absolute atomic E-state index is 0.0400. The molecule has 13 nitrogen and oxygen atoms in total. The second-order valence-electron chi connectivity index (χ2n) is 13.2. The summed E-state index contributed by atoms with van der Waals surface area (Å²) >= 11 is 0. The van der Waals surface area contributed by atoms with Gasteiger partial charge in [0.15, 0.2) is 5.79 Å². The number of carbonyl (C=O) groups is 1. The van der Waals surface area contributed by atoms with E-state index in [1.807, 2.05) is 61.6 Å².